The summed E-state index contributed by atoms with van der Waals surface area (Å²) in [6, 6.07) is 1.83. The van der Waals surface area contributed by atoms with Crippen molar-refractivity contribution in [3.63, 3.8) is 0 Å². The molecule has 4 rings (SSSR count). The Morgan fingerprint density at radius 3 is 2.74 bits per heavy atom. The summed E-state index contributed by atoms with van der Waals surface area (Å²) in [7, 11) is 1.60. The minimum absolute atomic E-state index is 0.238. The van der Waals surface area contributed by atoms with Gasteiger partial charge in [-0.2, -0.15) is 0 Å². The van der Waals surface area contributed by atoms with Gasteiger partial charge in [-0.1, -0.05) is 0 Å². The van der Waals surface area contributed by atoms with Crippen LogP contribution in [0.5, 0.6) is 5.88 Å². The number of aliphatic hydroxyl groups is 1. The molecule has 4 heteroatoms. The molecule has 0 aromatic carbocycles. The first-order valence-corrected chi connectivity index (χ1v) is 7.31. The second-order valence-corrected chi connectivity index (χ2v) is 6.39. The third-order valence-corrected chi connectivity index (χ3v) is 5.57. The lowest BCUT2D eigenvalue weighted by Gasteiger charge is -2.14. The lowest BCUT2D eigenvalue weighted by Crippen LogP contribution is -2.19. The molecule has 1 aromatic heterocycles. The van der Waals surface area contributed by atoms with E-state index in [0.29, 0.717) is 18.2 Å². The van der Waals surface area contributed by atoms with Crippen LogP contribution in [0.1, 0.15) is 25.0 Å². The van der Waals surface area contributed by atoms with Crippen molar-refractivity contribution in [2.45, 2.75) is 31.8 Å². The number of hydrogen-bond donors (Lipinski definition) is 1. The molecule has 4 nitrogen and oxygen atoms in total. The highest BCUT2D eigenvalue weighted by molar-refractivity contribution is 5.18. The topological polar surface area (TPSA) is 55.2 Å². The molecule has 0 saturated heterocycles. The maximum atomic E-state index is 10.5. The van der Waals surface area contributed by atoms with Crippen LogP contribution < -0.4 is 4.74 Å². The minimum atomic E-state index is -0.238. The Balaban J connectivity index is 1.43. The van der Waals surface area contributed by atoms with Gasteiger partial charge in [0.15, 0.2) is 0 Å². The zero-order valence-electron chi connectivity index (χ0n) is 11.2. The van der Waals surface area contributed by atoms with E-state index in [2.05, 4.69) is 9.97 Å². The molecule has 5 atom stereocenters. The Hall–Kier alpha value is -1.16. The van der Waals surface area contributed by atoms with Crippen LogP contribution in [0.3, 0.4) is 0 Å². The summed E-state index contributed by atoms with van der Waals surface area (Å²) in [5, 5.41) is 10.5. The Kier molecular flexibility index (Phi) is 2.56. The second-order valence-electron chi connectivity index (χ2n) is 6.39. The van der Waals surface area contributed by atoms with Crippen LogP contribution in [0.15, 0.2) is 12.4 Å². The SMILES string of the molecule is COc1cc(CC(O)C2C3C4CCC(C4)C23)ncn1. The molecule has 1 aromatic rings. The fraction of sp³-hybridized carbons (Fsp3) is 0.733. The van der Waals surface area contributed by atoms with E-state index in [1.165, 1.54) is 25.6 Å². The van der Waals surface area contributed by atoms with Crippen LogP contribution >= 0.6 is 0 Å². The zero-order valence-corrected chi connectivity index (χ0v) is 11.2. The Bertz CT molecular complexity index is 477. The number of hydrogen-bond acceptors (Lipinski definition) is 4. The van der Waals surface area contributed by atoms with Crippen molar-refractivity contribution in [3.05, 3.63) is 18.1 Å². The van der Waals surface area contributed by atoms with Crippen molar-refractivity contribution in [3.8, 4) is 5.88 Å². The number of fused-ring (bicyclic) bond motifs is 5. The van der Waals surface area contributed by atoms with E-state index >= 15 is 0 Å². The van der Waals surface area contributed by atoms with Gasteiger partial charge in [-0.3, -0.25) is 0 Å². The van der Waals surface area contributed by atoms with E-state index in [9.17, 15) is 5.11 Å². The molecule has 0 aliphatic heterocycles. The number of aliphatic hydroxyl groups excluding tert-OH is 1. The standard InChI is InChI=1S/C15H20N2O2/c1-19-12-6-10(16-7-17-12)5-11(18)15-13-8-2-3-9(4-8)14(13)15/h6-9,11,13-15,18H,2-5H2,1H3. The molecule has 0 spiro atoms. The number of ether oxygens (including phenoxy) is 1. The summed E-state index contributed by atoms with van der Waals surface area (Å²) < 4.78 is 5.10. The second kappa shape index (κ2) is 4.17. The van der Waals surface area contributed by atoms with Crippen LogP contribution in [0.25, 0.3) is 0 Å². The van der Waals surface area contributed by atoms with Gasteiger partial charge in [0.25, 0.3) is 0 Å². The van der Waals surface area contributed by atoms with Crippen molar-refractivity contribution in [1.29, 1.82) is 0 Å². The highest BCUT2D eigenvalue weighted by Crippen LogP contribution is 2.70. The number of aromatic nitrogens is 2. The predicted octanol–water partition coefficient (Wildman–Crippen LogP) is 1.68. The van der Waals surface area contributed by atoms with E-state index in [1.54, 1.807) is 7.11 Å². The van der Waals surface area contributed by atoms with Gasteiger partial charge in [0.05, 0.1) is 18.9 Å². The highest BCUT2D eigenvalue weighted by atomic mass is 16.5. The average molecular weight is 260 g/mol. The molecule has 1 N–H and O–H groups in total. The molecule has 102 valence electrons. The lowest BCUT2D eigenvalue weighted by molar-refractivity contribution is 0.127. The summed E-state index contributed by atoms with van der Waals surface area (Å²) in [5.74, 6) is 4.57. The number of nitrogens with zero attached hydrogens (tertiary/aromatic N) is 2. The van der Waals surface area contributed by atoms with Crippen LogP contribution in [-0.4, -0.2) is 28.3 Å². The molecule has 3 fully saturated rings. The normalized spacial score (nSPS) is 40.0. The summed E-state index contributed by atoms with van der Waals surface area (Å²) >= 11 is 0. The smallest absolute Gasteiger partial charge is 0.216 e. The lowest BCUT2D eigenvalue weighted by atomic mass is 9.96. The molecule has 3 saturated carbocycles. The van der Waals surface area contributed by atoms with Crippen molar-refractivity contribution in [2.24, 2.45) is 29.6 Å². The Morgan fingerprint density at radius 2 is 2.05 bits per heavy atom. The van der Waals surface area contributed by atoms with Gasteiger partial charge in [-0.05, 0) is 48.9 Å². The molecule has 0 radical (unpaired) electrons. The highest BCUT2D eigenvalue weighted by Gasteiger charge is 2.66. The van der Waals surface area contributed by atoms with Crippen LogP contribution in [0, 0.1) is 29.6 Å². The van der Waals surface area contributed by atoms with E-state index in [0.717, 1.165) is 29.4 Å². The third kappa shape index (κ3) is 1.76. The molecule has 5 unspecified atom stereocenters. The summed E-state index contributed by atoms with van der Waals surface area (Å²) in [4.78, 5) is 8.24. The van der Waals surface area contributed by atoms with Crippen LogP contribution in [0.2, 0.25) is 0 Å². The fourth-order valence-corrected chi connectivity index (χ4v) is 4.86. The molecule has 2 bridgehead atoms. The van der Waals surface area contributed by atoms with Gasteiger partial charge < -0.3 is 9.84 Å². The fourth-order valence-electron chi connectivity index (χ4n) is 4.86. The minimum Gasteiger partial charge on any atom is -0.481 e. The predicted molar refractivity (Wildman–Crippen MR) is 69.6 cm³/mol. The average Bonchev–Trinajstić information content (AvgIpc) is 2.88. The summed E-state index contributed by atoms with van der Waals surface area (Å²) in [6.45, 7) is 0. The van der Waals surface area contributed by atoms with Crippen molar-refractivity contribution in [2.75, 3.05) is 7.11 Å². The molecule has 3 aliphatic carbocycles. The van der Waals surface area contributed by atoms with Crippen molar-refractivity contribution < 1.29 is 9.84 Å². The molecule has 1 heterocycles. The molecule has 19 heavy (non-hydrogen) atoms. The van der Waals surface area contributed by atoms with Gasteiger partial charge >= 0.3 is 0 Å². The quantitative estimate of drug-likeness (QED) is 0.895. The van der Waals surface area contributed by atoms with E-state index in [-0.39, 0.29) is 6.10 Å². The van der Waals surface area contributed by atoms with E-state index in [4.69, 9.17) is 4.74 Å². The Labute approximate surface area is 113 Å². The first-order chi connectivity index (χ1) is 9.28. The molecular weight excluding hydrogens is 240 g/mol. The zero-order chi connectivity index (χ0) is 13.0. The summed E-state index contributed by atoms with van der Waals surface area (Å²) in [6.07, 6.45) is 6.14. The van der Waals surface area contributed by atoms with Crippen molar-refractivity contribution in [1.82, 2.24) is 9.97 Å². The summed E-state index contributed by atoms with van der Waals surface area (Å²) in [5.41, 5.74) is 0.886. The number of methoxy groups -OCH3 is 1. The van der Waals surface area contributed by atoms with Gasteiger partial charge in [0.2, 0.25) is 5.88 Å². The molecule has 3 aliphatic rings. The van der Waals surface area contributed by atoms with Gasteiger partial charge in [0.1, 0.15) is 6.33 Å². The third-order valence-electron chi connectivity index (χ3n) is 5.57. The Morgan fingerprint density at radius 1 is 1.32 bits per heavy atom. The number of rotatable bonds is 4. The van der Waals surface area contributed by atoms with E-state index < -0.39 is 0 Å². The van der Waals surface area contributed by atoms with Gasteiger partial charge in [0, 0.05) is 12.5 Å². The molecule has 0 amide bonds. The van der Waals surface area contributed by atoms with Crippen molar-refractivity contribution >= 4 is 0 Å². The maximum absolute atomic E-state index is 10.5. The van der Waals surface area contributed by atoms with Crippen LogP contribution in [-0.2, 0) is 6.42 Å². The van der Waals surface area contributed by atoms with Gasteiger partial charge in [-0.25, -0.2) is 9.97 Å². The monoisotopic (exact) mass is 260 g/mol. The van der Waals surface area contributed by atoms with E-state index in [1.807, 2.05) is 6.07 Å². The van der Waals surface area contributed by atoms with Gasteiger partial charge in [-0.15, -0.1) is 0 Å². The molecular formula is C15H20N2O2. The maximum Gasteiger partial charge on any atom is 0.216 e. The van der Waals surface area contributed by atoms with Crippen LogP contribution in [0.4, 0.5) is 0 Å². The first kappa shape index (κ1) is 11.6. The largest absolute Gasteiger partial charge is 0.481 e. The first-order valence-electron chi connectivity index (χ1n) is 7.31.